The molecule has 21 heavy (non-hydrogen) atoms. The van der Waals surface area contributed by atoms with Gasteiger partial charge in [-0.1, -0.05) is 50.9 Å². The van der Waals surface area contributed by atoms with E-state index in [4.69, 9.17) is 16.0 Å². The van der Waals surface area contributed by atoms with Gasteiger partial charge in [0, 0.05) is 5.39 Å². The molecular weight excluding hydrogens is 282 g/mol. The summed E-state index contributed by atoms with van der Waals surface area (Å²) < 4.78 is 6.12. The van der Waals surface area contributed by atoms with Crippen molar-refractivity contribution in [2.45, 2.75) is 46.1 Å². The van der Waals surface area contributed by atoms with Gasteiger partial charge in [0.2, 0.25) is 0 Å². The lowest BCUT2D eigenvalue weighted by Crippen LogP contribution is -2.33. The molecule has 1 aromatic heterocycles. The predicted molar refractivity (Wildman–Crippen MR) is 88.8 cm³/mol. The van der Waals surface area contributed by atoms with Gasteiger partial charge in [0.25, 0.3) is 0 Å². The SMILES string of the molecule is CCNC(c1cc2cccc(Cl)c2o1)C1CCCC1(C)C. The topological polar surface area (TPSA) is 25.2 Å². The molecule has 2 aromatic rings. The minimum Gasteiger partial charge on any atom is -0.458 e. The lowest BCUT2D eigenvalue weighted by Gasteiger charge is -2.33. The van der Waals surface area contributed by atoms with Crippen LogP contribution in [0.5, 0.6) is 0 Å². The van der Waals surface area contributed by atoms with Crippen LogP contribution in [0.4, 0.5) is 0 Å². The molecular formula is C18H24ClNO. The van der Waals surface area contributed by atoms with E-state index in [0.29, 0.717) is 16.4 Å². The highest BCUT2D eigenvalue weighted by molar-refractivity contribution is 6.34. The van der Waals surface area contributed by atoms with Gasteiger partial charge in [0.1, 0.15) is 5.76 Å². The minimum atomic E-state index is 0.274. The Labute approximate surface area is 131 Å². The van der Waals surface area contributed by atoms with Crippen LogP contribution in [0, 0.1) is 11.3 Å². The van der Waals surface area contributed by atoms with E-state index in [1.165, 1.54) is 19.3 Å². The highest BCUT2D eigenvalue weighted by Crippen LogP contribution is 2.49. The van der Waals surface area contributed by atoms with Crippen molar-refractivity contribution >= 4 is 22.6 Å². The lowest BCUT2D eigenvalue weighted by atomic mass is 9.76. The number of halogens is 1. The van der Waals surface area contributed by atoms with Crippen molar-refractivity contribution < 1.29 is 4.42 Å². The van der Waals surface area contributed by atoms with Crippen molar-refractivity contribution in [3.05, 3.63) is 35.0 Å². The highest BCUT2D eigenvalue weighted by Gasteiger charge is 2.41. The van der Waals surface area contributed by atoms with E-state index < -0.39 is 0 Å². The summed E-state index contributed by atoms with van der Waals surface area (Å²) in [6.07, 6.45) is 3.86. The Morgan fingerprint density at radius 2 is 2.24 bits per heavy atom. The molecule has 2 atom stereocenters. The number of benzene rings is 1. The van der Waals surface area contributed by atoms with E-state index in [9.17, 15) is 0 Å². The van der Waals surface area contributed by atoms with E-state index in [1.807, 2.05) is 12.1 Å². The lowest BCUT2D eigenvalue weighted by molar-refractivity contribution is 0.184. The zero-order valence-corrected chi connectivity index (χ0v) is 13.8. The molecule has 1 fully saturated rings. The minimum absolute atomic E-state index is 0.274. The third-order valence-electron chi connectivity index (χ3n) is 4.99. The summed E-state index contributed by atoms with van der Waals surface area (Å²) in [6, 6.07) is 8.36. The summed E-state index contributed by atoms with van der Waals surface area (Å²) in [4.78, 5) is 0. The standard InChI is InChI=1S/C18H24ClNO/c1-4-20-16(13-8-6-10-18(13,2)3)15-11-12-7-5-9-14(19)17(12)21-15/h5,7,9,11,13,16,20H,4,6,8,10H2,1-3H3. The first-order valence-corrected chi connectivity index (χ1v) is 8.32. The highest BCUT2D eigenvalue weighted by atomic mass is 35.5. The summed E-state index contributed by atoms with van der Waals surface area (Å²) in [5.41, 5.74) is 1.17. The monoisotopic (exact) mass is 305 g/mol. The van der Waals surface area contributed by atoms with Gasteiger partial charge in [0.05, 0.1) is 11.1 Å². The van der Waals surface area contributed by atoms with Gasteiger partial charge >= 0.3 is 0 Å². The zero-order chi connectivity index (χ0) is 15.0. The first kappa shape index (κ1) is 14.9. The van der Waals surface area contributed by atoms with Crippen LogP contribution in [0.1, 0.15) is 51.8 Å². The maximum Gasteiger partial charge on any atom is 0.152 e. The Bertz CT molecular complexity index is 631. The predicted octanol–water partition coefficient (Wildman–Crippen LogP) is 5.56. The molecule has 2 nitrogen and oxygen atoms in total. The number of fused-ring (bicyclic) bond motifs is 1. The number of para-hydroxylation sites is 1. The Kier molecular flexibility index (Phi) is 4.02. The molecule has 1 heterocycles. The van der Waals surface area contributed by atoms with Crippen molar-refractivity contribution in [1.29, 1.82) is 0 Å². The molecule has 1 aliphatic rings. The van der Waals surface area contributed by atoms with Crippen molar-refractivity contribution in [2.24, 2.45) is 11.3 Å². The molecule has 1 N–H and O–H groups in total. The van der Waals surface area contributed by atoms with Gasteiger partial charge in [-0.3, -0.25) is 0 Å². The van der Waals surface area contributed by atoms with E-state index in [1.54, 1.807) is 0 Å². The van der Waals surface area contributed by atoms with E-state index in [2.05, 4.69) is 38.2 Å². The maximum atomic E-state index is 6.25. The largest absolute Gasteiger partial charge is 0.458 e. The fourth-order valence-electron chi connectivity index (χ4n) is 3.83. The molecule has 0 aliphatic heterocycles. The van der Waals surface area contributed by atoms with Gasteiger partial charge in [-0.05, 0) is 42.9 Å². The van der Waals surface area contributed by atoms with Crippen LogP contribution in [0.25, 0.3) is 11.0 Å². The Morgan fingerprint density at radius 1 is 1.43 bits per heavy atom. The molecule has 2 unspecified atom stereocenters. The van der Waals surface area contributed by atoms with Crippen LogP contribution in [0.2, 0.25) is 5.02 Å². The van der Waals surface area contributed by atoms with Gasteiger partial charge in [-0.25, -0.2) is 0 Å². The van der Waals surface area contributed by atoms with Crippen molar-refractivity contribution in [2.75, 3.05) is 6.54 Å². The molecule has 0 radical (unpaired) electrons. The number of rotatable bonds is 4. The van der Waals surface area contributed by atoms with Crippen LogP contribution < -0.4 is 5.32 Å². The van der Waals surface area contributed by atoms with Crippen molar-refractivity contribution in [3.63, 3.8) is 0 Å². The second-order valence-electron chi connectivity index (χ2n) is 6.83. The second kappa shape index (κ2) is 5.66. The van der Waals surface area contributed by atoms with Gasteiger partial charge in [-0.2, -0.15) is 0 Å². The first-order chi connectivity index (χ1) is 10.0. The van der Waals surface area contributed by atoms with Crippen LogP contribution >= 0.6 is 11.6 Å². The number of hydrogen-bond acceptors (Lipinski definition) is 2. The Hall–Kier alpha value is -0.990. The third-order valence-corrected chi connectivity index (χ3v) is 5.29. The van der Waals surface area contributed by atoms with Gasteiger partial charge in [0.15, 0.2) is 5.58 Å². The zero-order valence-electron chi connectivity index (χ0n) is 13.1. The van der Waals surface area contributed by atoms with Crippen LogP contribution in [-0.4, -0.2) is 6.54 Å². The molecule has 3 heteroatoms. The maximum absolute atomic E-state index is 6.25. The Balaban J connectivity index is 2.01. The normalized spacial score (nSPS) is 22.8. The van der Waals surface area contributed by atoms with E-state index in [0.717, 1.165) is 23.3 Å². The smallest absolute Gasteiger partial charge is 0.152 e. The van der Waals surface area contributed by atoms with Crippen LogP contribution in [0.3, 0.4) is 0 Å². The summed E-state index contributed by atoms with van der Waals surface area (Å²) in [6.45, 7) is 7.86. The van der Waals surface area contributed by atoms with Crippen LogP contribution in [-0.2, 0) is 0 Å². The third kappa shape index (κ3) is 2.72. The molecule has 0 spiro atoms. The fourth-order valence-corrected chi connectivity index (χ4v) is 4.05. The second-order valence-corrected chi connectivity index (χ2v) is 7.24. The van der Waals surface area contributed by atoms with Crippen molar-refractivity contribution in [1.82, 2.24) is 5.32 Å². The number of nitrogens with one attached hydrogen (secondary N) is 1. The van der Waals surface area contributed by atoms with Gasteiger partial charge in [-0.15, -0.1) is 0 Å². The number of hydrogen-bond donors (Lipinski definition) is 1. The molecule has 114 valence electrons. The molecule has 1 aromatic carbocycles. The molecule has 0 saturated heterocycles. The summed E-state index contributed by atoms with van der Waals surface area (Å²) >= 11 is 6.25. The fraction of sp³-hybridized carbons (Fsp3) is 0.556. The van der Waals surface area contributed by atoms with E-state index in [-0.39, 0.29) is 6.04 Å². The summed E-state index contributed by atoms with van der Waals surface area (Å²) in [7, 11) is 0. The molecule has 3 rings (SSSR count). The van der Waals surface area contributed by atoms with Gasteiger partial charge < -0.3 is 9.73 Å². The van der Waals surface area contributed by atoms with Crippen molar-refractivity contribution in [3.8, 4) is 0 Å². The van der Waals surface area contributed by atoms with Crippen LogP contribution in [0.15, 0.2) is 28.7 Å². The molecule has 1 aliphatic carbocycles. The molecule has 0 bridgehead atoms. The van der Waals surface area contributed by atoms with E-state index >= 15 is 0 Å². The Morgan fingerprint density at radius 3 is 2.86 bits per heavy atom. The quantitative estimate of drug-likeness (QED) is 0.799. The first-order valence-electron chi connectivity index (χ1n) is 7.94. The summed E-state index contributed by atoms with van der Waals surface area (Å²) in [5, 5.41) is 5.43. The molecule has 0 amide bonds. The number of furan rings is 1. The average Bonchev–Trinajstić information content (AvgIpc) is 3.00. The average molecular weight is 306 g/mol. The summed E-state index contributed by atoms with van der Waals surface area (Å²) in [5.74, 6) is 1.64. The molecule has 1 saturated carbocycles.